The number of nitro groups is 1. The van der Waals surface area contributed by atoms with Gasteiger partial charge >= 0.3 is 0 Å². The van der Waals surface area contributed by atoms with Crippen molar-refractivity contribution in [2.24, 2.45) is 5.10 Å². The minimum Gasteiger partial charge on any atom is -0.258 e. The summed E-state index contributed by atoms with van der Waals surface area (Å²) in [6, 6.07) is 22.6. The molecule has 0 saturated carbocycles. The zero-order chi connectivity index (χ0) is 22.5. The van der Waals surface area contributed by atoms with Crippen molar-refractivity contribution in [1.29, 1.82) is 0 Å². The van der Waals surface area contributed by atoms with Gasteiger partial charge in [-0.15, -0.1) is 0 Å². The summed E-state index contributed by atoms with van der Waals surface area (Å²) < 4.78 is 1.86. The number of hydrogen-bond donors (Lipinski definition) is 1. The van der Waals surface area contributed by atoms with Crippen LogP contribution in [0.2, 0.25) is 5.02 Å². The van der Waals surface area contributed by atoms with Crippen molar-refractivity contribution in [2.75, 3.05) is 5.43 Å². The maximum Gasteiger partial charge on any atom is 0.269 e. The largest absolute Gasteiger partial charge is 0.269 e. The maximum atomic E-state index is 10.9. The van der Waals surface area contributed by atoms with Crippen LogP contribution in [0.5, 0.6) is 0 Å². The number of rotatable bonds is 6. The number of aromatic nitrogens is 3. The smallest absolute Gasteiger partial charge is 0.258 e. The van der Waals surface area contributed by atoms with Crippen LogP contribution in [0.4, 0.5) is 11.6 Å². The van der Waals surface area contributed by atoms with Crippen LogP contribution < -0.4 is 5.43 Å². The fourth-order valence-corrected chi connectivity index (χ4v) is 3.27. The molecular weight excluding hydrogens is 448 g/mol. The fourth-order valence-electron chi connectivity index (χ4n) is 2.87. The molecule has 0 aliphatic carbocycles. The minimum atomic E-state index is -0.464. The van der Waals surface area contributed by atoms with Crippen molar-refractivity contribution >= 4 is 41.7 Å². The summed E-state index contributed by atoms with van der Waals surface area (Å²) >= 11 is 11.5. The molecule has 1 aromatic heterocycles. The van der Waals surface area contributed by atoms with Gasteiger partial charge in [0.1, 0.15) is 0 Å². The van der Waals surface area contributed by atoms with Gasteiger partial charge in [0.15, 0.2) is 5.82 Å². The normalized spacial score (nSPS) is 10.9. The molecule has 158 valence electrons. The van der Waals surface area contributed by atoms with Gasteiger partial charge in [-0.2, -0.15) is 15.1 Å². The van der Waals surface area contributed by atoms with Gasteiger partial charge in [0.2, 0.25) is 10.7 Å². The van der Waals surface area contributed by atoms with E-state index in [0.717, 1.165) is 5.56 Å². The van der Waals surface area contributed by atoms with Crippen LogP contribution >= 0.6 is 23.8 Å². The third kappa shape index (κ3) is 4.85. The van der Waals surface area contributed by atoms with Crippen LogP contribution in [0.25, 0.3) is 17.1 Å². The molecule has 4 rings (SSSR count). The molecule has 0 atom stereocenters. The van der Waals surface area contributed by atoms with Crippen molar-refractivity contribution in [2.45, 2.75) is 0 Å². The van der Waals surface area contributed by atoms with E-state index in [2.05, 4.69) is 20.5 Å². The number of non-ortho nitro benzene ring substituents is 1. The van der Waals surface area contributed by atoms with Gasteiger partial charge < -0.3 is 0 Å². The predicted octanol–water partition coefficient (Wildman–Crippen LogP) is 5.67. The second kappa shape index (κ2) is 9.46. The van der Waals surface area contributed by atoms with Gasteiger partial charge in [-0.25, -0.2) is 5.43 Å². The molecule has 1 N–H and O–H groups in total. The Kier molecular flexibility index (Phi) is 6.29. The molecule has 0 aliphatic heterocycles. The first kappa shape index (κ1) is 21.3. The Hall–Kier alpha value is -3.95. The molecule has 8 nitrogen and oxygen atoms in total. The SMILES string of the molecule is O=[N+]([O-])c1ccc(-c2nc(N/N=C/c3ccccc3)n(-c3ccc(Cl)cc3)c(=S)n2)cc1. The lowest BCUT2D eigenvalue weighted by Crippen LogP contribution is -2.10. The Morgan fingerprint density at radius 1 is 1.00 bits per heavy atom. The Labute approximate surface area is 193 Å². The zero-order valence-corrected chi connectivity index (χ0v) is 18.0. The van der Waals surface area contributed by atoms with Gasteiger partial charge in [-0.05, 0) is 54.2 Å². The molecular formula is C22H15ClN6O2S. The lowest BCUT2D eigenvalue weighted by molar-refractivity contribution is -0.384. The highest BCUT2D eigenvalue weighted by atomic mass is 35.5. The first-order valence-corrected chi connectivity index (χ1v) is 10.2. The van der Waals surface area contributed by atoms with Gasteiger partial charge in [-0.3, -0.25) is 14.7 Å². The fraction of sp³-hybridized carbons (Fsp3) is 0. The summed E-state index contributed by atoms with van der Waals surface area (Å²) in [5.41, 5.74) is 5.09. The second-order valence-electron chi connectivity index (χ2n) is 6.55. The quantitative estimate of drug-likeness (QED) is 0.171. The van der Waals surface area contributed by atoms with E-state index in [1.165, 1.54) is 12.1 Å². The molecule has 10 heteroatoms. The van der Waals surface area contributed by atoms with E-state index in [9.17, 15) is 10.1 Å². The van der Waals surface area contributed by atoms with Crippen molar-refractivity contribution in [3.05, 3.63) is 104 Å². The first-order valence-electron chi connectivity index (χ1n) is 9.37. The van der Waals surface area contributed by atoms with Crippen LogP contribution in [0.15, 0.2) is 84.0 Å². The molecule has 0 spiro atoms. The molecule has 1 heterocycles. The molecule has 0 radical (unpaired) electrons. The van der Waals surface area contributed by atoms with Crippen LogP contribution in [0.3, 0.4) is 0 Å². The van der Waals surface area contributed by atoms with E-state index in [-0.39, 0.29) is 10.5 Å². The van der Waals surface area contributed by atoms with E-state index in [1.807, 2.05) is 30.3 Å². The number of nitrogens with zero attached hydrogens (tertiary/aromatic N) is 5. The number of nitrogens with one attached hydrogen (secondary N) is 1. The number of hydrogen-bond acceptors (Lipinski definition) is 7. The molecule has 0 bridgehead atoms. The molecule has 3 aromatic carbocycles. The van der Waals surface area contributed by atoms with E-state index in [0.29, 0.717) is 28.0 Å². The Morgan fingerprint density at radius 3 is 2.34 bits per heavy atom. The highest BCUT2D eigenvalue weighted by Gasteiger charge is 2.13. The minimum absolute atomic E-state index is 0.0229. The lowest BCUT2D eigenvalue weighted by atomic mass is 10.2. The van der Waals surface area contributed by atoms with Crippen LogP contribution in [-0.4, -0.2) is 25.7 Å². The molecule has 0 unspecified atom stereocenters. The molecule has 0 amide bonds. The molecule has 32 heavy (non-hydrogen) atoms. The van der Waals surface area contributed by atoms with E-state index in [4.69, 9.17) is 23.8 Å². The van der Waals surface area contributed by atoms with Gasteiger partial charge in [-0.1, -0.05) is 41.9 Å². The summed E-state index contributed by atoms with van der Waals surface area (Å²) in [7, 11) is 0. The Balaban J connectivity index is 1.77. The summed E-state index contributed by atoms with van der Waals surface area (Å²) in [6.07, 6.45) is 1.66. The number of benzene rings is 3. The van der Waals surface area contributed by atoms with Crippen LogP contribution in [-0.2, 0) is 0 Å². The van der Waals surface area contributed by atoms with E-state index < -0.39 is 4.92 Å². The summed E-state index contributed by atoms with van der Waals surface area (Å²) in [4.78, 5) is 19.5. The average Bonchev–Trinajstić information content (AvgIpc) is 2.80. The number of anilines is 1. The third-order valence-electron chi connectivity index (χ3n) is 4.42. The van der Waals surface area contributed by atoms with Crippen molar-refractivity contribution < 1.29 is 4.92 Å². The topological polar surface area (TPSA) is 98.2 Å². The van der Waals surface area contributed by atoms with Crippen molar-refractivity contribution in [1.82, 2.24) is 14.5 Å². The summed E-state index contributed by atoms with van der Waals surface area (Å²) in [5.74, 6) is 0.639. The Morgan fingerprint density at radius 2 is 1.69 bits per heavy atom. The highest BCUT2D eigenvalue weighted by molar-refractivity contribution is 7.71. The average molecular weight is 463 g/mol. The standard InChI is InChI=1S/C22H15ClN6O2S/c23-17-8-12-18(13-9-17)28-21(27-24-14-15-4-2-1-3-5-15)25-20(26-22(28)32)16-6-10-19(11-7-16)29(30)31/h1-14H,(H,25,26,27,32)/b24-14+. The zero-order valence-electron chi connectivity index (χ0n) is 16.4. The maximum absolute atomic E-state index is 10.9. The lowest BCUT2D eigenvalue weighted by Gasteiger charge is -2.13. The number of nitro benzene ring substituents is 1. The molecule has 0 aliphatic rings. The Bertz CT molecular complexity index is 1340. The summed E-state index contributed by atoms with van der Waals surface area (Å²) in [5, 5.41) is 15.8. The van der Waals surface area contributed by atoms with Gasteiger partial charge in [0.05, 0.1) is 16.8 Å². The molecule has 0 saturated heterocycles. The first-order chi connectivity index (χ1) is 15.5. The predicted molar refractivity (Wildman–Crippen MR) is 127 cm³/mol. The third-order valence-corrected chi connectivity index (χ3v) is 4.94. The van der Waals surface area contributed by atoms with E-state index >= 15 is 0 Å². The van der Waals surface area contributed by atoms with Crippen molar-refractivity contribution in [3.63, 3.8) is 0 Å². The highest BCUT2D eigenvalue weighted by Crippen LogP contribution is 2.23. The van der Waals surface area contributed by atoms with E-state index in [1.54, 1.807) is 47.2 Å². The molecule has 0 fully saturated rings. The van der Waals surface area contributed by atoms with Gasteiger partial charge in [0, 0.05) is 22.7 Å². The number of hydrazone groups is 1. The monoisotopic (exact) mass is 462 g/mol. The molecule has 4 aromatic rings. The van der Waals surface area contributed by atoms with Gasteiger partial charge in [0.25, 0.3) is 5.69 Å². The van der Waals surface area contributed by atoms with Crippen LogP contribution in [0.1, 0.15) is 5.56 Å². The van der Waals surface area contributed by atoms with Crippen LogP contribution in [0, 0.1) is 14.9 Å². The van der Waals surface area contributed by atoms with Crippen molar-refractivity contribution in [3.8, 4) is 17.1 Å². The number of halogens is 1. The summed E-state index contributed by atoms with van der Waals surface area (Å²) in [6.45, 7) is 0. The second-order valence-corrected chi connectivity index (χ2v) is 7.35.